The number of anilines is 1. The first kappa shape index (κ1) is 19.4. The third-order valence-electron chi connectivity index (χ3n) is 5.08. The Morgan fingerprint density at radius 3 is 2.38 bits per heavy atom. The first-order chi connectivity index (χ1) is 13.9. The summed E-state index contributed by atoms with van der Waals surface area (Å²) in [4.78, 5) is 13.1. The first-order valence-electron chi connectivity index (χ1n) is 9.25. The number of hydrogen-bond acceptors (Lipinski definition) is 5. The van der Waals surface area contributed by atoms with Crippen LogP contribution in [0.2, 0.25) is 0 Å². The van der Waals surface area contributed by atoms with Gasteiger partial charge in [-0.05, 0) is 43.5 Å². The number of hydrogen-bond donors (Lipinski definition) is 1. The first-order valence-corrected chi connectivity index (χ1v) is 10.7. The Hall–Kier alpha value is -2.97. The molecule has 1 amide bonds. The lowest BCUT2D eigenvalue weighted by atomic mass is 9.95. The van der Waals surface area contributed by atoms with Crippen LogP contribution in [0.3, 0.4) is 0 Å². The van der Waals surface area contributed by atoms with Gasteiger partial charge in [0.2, 0.25) is 15.9 Å². The van der Waals surface area contributed by atoms with E-state index in [0.717, 1.165) is 11.1 Å². The number of nitrogens with one attached hydrogen (secondary N) is 1. The zero-order valence-electron chi connectivity index (χ0n) is 16.1. The molecule has 4 rings (SSSR count). The van der Waals surface area contributed by atoms with E-state index in [4.69, 9.17) is 4.52 Å². The second kappa shape index (κ2) is 7.46. The third kappa shape index (κ3) is 3.56. The van der Waals surface area contributed by atoms with Gasteiger partial charge in [-0.3, -0.25) is 4.79 Å². The molecule has 8 heteroatoms. The molecule has 2 heterocycles. The number of sulfonamides is 1. The van der Waals surface area contributed by atoms with E-state index in [1.165, 1.54) is 4.31 Å². The molecule has 150 valence electrons. The number of aromatic nitrogens is 1. The van der Waals surface area contributed by atoms with E-state index in [0.29, 0.717) is 5.69 Å². The molecule has 1 aliphatic heterocycles. The Kier molecular flexibility index (Phi) is 4.97. The normalized spacial score (nSPS) is 17.0. The number of para-hydroxylation sites is 1. The van der Waals surface area contributed by atoms with Crippen LogP contribution in [-0.4, -0.2) is 29.8 Å². The highest BCUT2D eigenvalue weighted by Gasteiger charge is 2.41. The quantitative estimate of drug-likeness (QED) is 0.712. The highest BCUT2D eigenvalue weighted by Crippen LogP contribution is 2.32. The lowest BCUT2D eigenvalue weighted by molar-refractivity contribution is -0.120. The monoisotopic (exact) mass is 411 g/mol. The molecule has 1 atom stereocenters. The molecule has 3 aromatic rings. The fraction of sp³-hybridized carbons (Fsp3) is 0.238. The number of fused-ring (bicyclic) bond motifs is 1. The highest BCUT2D eigenvalue weighted by molar-refractivity contribution is 7.89. The summed E-state index contributed by atoms with van der Waals surface area (Å²) in [6.07, 6.45) is 0.289. The van der Waals surface area contributed by atoms with Crippen molar-refractivity contribution in [2.75, 3.05) is 5.32 Å². The number of benzene rings is 2. The Morgan fingerprint density at radius 2 is 1.72 bits per heavy atom. The molecule has 0 saturated carbocycles. The standard InChI is InChI=1S/C21H21N3O4S/c1-14-20(15(2)28-23-14)29(26,27)24-13-17-9-7-6-8-16(17)12-19(24)21(25)22-18-10-4-3-5-11-18/h3-11,19H,12-13H2,1-2H3,(H,22,25). The van der Waals surface area contributed by atoms with Crippen molar-refractivity contribution >= 4 is 21.6 Å². The van der Waals surface area contributed by atoms with E-state index in [-0.39, 0.29) is 35.2 Å². The van der Waals surface area contributed by atoms with Crippen molar-refractivity contribution in [3.8, 4) is 0 Å². The van der Waals surface area contributed by atoms with Gasteiger partial charge in [0, 0.05) is 12.2 Å². The Bertz CT molecular complexity index is 1140. The van der Waals surface area contributed by atoms with Crippen molar-refractivity contribution in [3.05, 3.63) is 77.2 Å². The second-order valence-corrected chi connectivity index (χ2v) is 8.87. The number of carbonyl (C=O) groups excluding carboxylic acids is 1. The van der Waals surface area contributed by atoms with Gasteiger partial charge in [-0.15, -0.1) is 0 Å². The van der Waals surface area contributed by atoms with Gasteiger partial charge in [-0.1, -0.05) is 47.6 Å². The summed E-state index contributed by atoms with van der Waals surface area (Å²) in [5, 5.41) is 6.61. The Labute approximate surface area is 169 Å². The minimum absolute atomic E-state index is 0.0226. The smallest absolute Gasteiger partial charge is 0.249 e. The summed E-state index contributed by atoms with van der Waals surface area (Å²) in [5.74, 6) is -0.162. The van der Waals surface area contributed by atoms with Gasteiger partial charge in [0.15, 0.2) is 5.76 Å². The van der Waals surface area contributed by atoms with Crippen LogP contribution in [0.5, 0.6) is 0 Å². The maximum atomic E-state index is 13.5. The van der Waals surface area contributed by atoms with E-state index in [9.17, 15) is 13.2 Å². The summed E-state index contributed by atoms with van der Waals surface area (Å²) in [6, 6.07) is 15.7. The molecule has 2 aromatic carbocycles. The van der Waals surface area contributed by atoms with Gasteiger partial charge in [0.05, 0.1) is 0 Å². The number of nitrogens with zero attached hydrogens (tertiary/aromatic N) is 2. The highest BCUT2D eigenvalue weighted by atomic mass is 32.2. The van der Waals surface area contributed by atoms with Gasteiger partial charge < -0.3 is 9.84 Å². The summed E-state index contributed by atoms with van der Waals surface area (Å²) < 4.78 is 33.4. The predicted octanol–water partition coefficient (Wildman–Crippen LogP) is 3.05. The molecule has 0 bridgehead atoms. The van der Waals surface area contributed by atoms with E-state index >= 15 is 0 Å². The molecule has 1 aliphatic rings. The largest absolute Gasteiger partial charge is 0.360 e. The number of carbonyl (C=O) groups is 1. The SMILES string of the molecule is Cc1noc(C)c1S(=O)(=O)N1Cc2ccccc2CC1C(=O)Nc1ccccc1. The van der Waals surface area contributed by atoms with Gasteiger partial charge in [0.25, 0.3) is 0 Å². The van der Waals surface area contributed by atoms with E-state index < -0.39 is 16.1 Å². The Balaban J connectivity index is 1.75. The number of amides is 1. The van der Waals surface area contributed by atoms with E-state index in [2.05, 4.69) is 10.5 Å². The fourth-order valence-corrected chi connectivity index (χ4v) is 5.54. The van der Waals surface area contributed by atoms with Crippen LogP contribution in [-0.2, 0) is 27.8 Å². The lowest BCUT2D eigenvalue weighted by Gasteiger charge is -2.34. The molecule has 0 fully saturated rings. The molecule has 0 radical (unpaired) electrons. The summed E-state index contributed by atoms with van der Waals surface area (Å²) in [5.41, 5.74) is 2.74. The summed E-state index contributed by atoms with van der Waals surface area (Å²) in [6.45, 7) is 3.25. The van der Waals surface area contributed by atoms with Crippen LogP contribution < -0.4 is 5.32 Å². The molecule has 7 nitrogen and oxygen atoms in total. The molecule has 1 N–H and O–H groups in total. The summed E-state index contributed by atoms with van der Waals surface area (Å²) >= 11 is 0. The average molecular weight is 411 g/mol. The van der Waals surface area contributed by atoms with Crippen LogP contribution in [0.1, 0.15) is 22.6 Å². The fourth-order valence-electron chi connectivity index (χ4n) is 3.68. The van der Waals surface area contributed by atoms with Gasteiger partial charge >= 0.3 is 0 Å². The Morgan fingerprint density at radius 1 is 1.07 bits per heavy atom. The van der Waals surface area contributed by atoms with Crippen molar-refractivity contribution < 1.29 is 17.7 Å². The topological polar surface area (TPSA) is 92.5 Å². The minimum atomic E-state index is -3.99. The van der Waals surface area contributed by atoms with Crippen LogP contribution in [0.25, 0.3) is 0 Å². The van der Waals surface area contributed by atoms with Crippen LogP contribution in [0.15, 0.2) is 64.0 Å². The van der Waals surface area contributed by atoms with Gasteiger partial charge in [-0.2, -0.15) is 4.31 Å². The lowest BCUT2D eigenvalue weighted by Crippen LogP contribution is -2.50. The molecule has 0 aliphatic carbocycles. The maximum absolute atomic E-state index is 13.5. The van der Waals surface area contributed by atoms with Crippen molar-refractivity contribution in [3.63, 3.8) is 0 Å². The molecule has 29 heavy (non-hydrogen) atoms. The average Bonchev–Trinajstić information content (AvgIpc) is 3.06. The molecule has 1 unspecified atom stereocenters. The molecular formula is C21H21N3O4S. The predicted molar refractivity (Wildman–Crippen MR) is 108 cm³/mol. The summed E-state index contributed by atoms with van der Waals surface area (Å²) in [7, 11) is -3.99. The van der Waals surface area contributed by atoms with Gasteiger partial charge in [0.1, 0.15) is 16.6 Å². The van der Waals surface area contributed by atoms with Crippen LogP contribution in [0.4, 0.5) is 5.69 Å². The number of rotatable bonds is 4. The van der Waals surface area contributed by atoms with Crippen molar-refractivity contribution in [1.29, 1.82) is 0 Å². The van der Waals surface area contributed by atoms with Crippen LogP contribution >= 0.6 is 0 Å². The van der Waals surface area contributed by atoms with E-state index in [1.807, 2.05) is 42.5 Å². The maximum Gasteiger partial charge on any atom is 0.249 e. The molecular weight excluding hydrogens is 390 g/mol. The molecule has 0 saturated heterocycles. The zero-order valence-corrected chi connectivity index (χ0v) is 16.9. The second-order valence-electron chi connectivity index (χ2n) is 7.05. The third-order valence-corrected chi connectivity index (χ3v) is 7.18. The van der Waals surface area contributed by atoms with Crippen LogP contribution in [0, 0.1) is 13.8 Å². The molecule has 0 spiro atoms. The number of aryl methyl sites for hydroxylation is 2. The van der Waals surface area contributed by atoms with Crippen molar-refractivity contribution in [2.45, 2.75) is 37.8 Å². The molecule has 1 aromatic heterocycles. The van der Waals surface area contributed by atoms with E-state index in [1.54, 1.807) is 26.0 Å². The minimum Gasteiger partial charge on any atom is -0.360 e. The van der Waals surface area contributed by atoms with Crippen molar-refractivity contribution in [1.82, 2.24) is 9.46 Å². The van der Waals surface area contributed by atoms with Gasteiger partial charge in [-0.25, -0.2) is 8.42 Å². The van der Waals surface area contributed by atoms with Crippen molar-refractivity contribution in [2.24, 2.45) is 0 Å². The zero-order chi connectivity index (χ0) is 20.6.